The molecule has 148 valence electrons. The quantitative estimate of drug-likeness (QED) is 0.675. The lowest BCUT2D eigenvalue weighted by atomic mass is 9.99. The van der Waals surface area contributed by atoms with E-state index in [4.69, 9.17) is 0 Å². The third kappa shape index (κ3) is 3.06. The van der Waals surface area contributed by atoms with Gasteiger partial charge in [-0.2, -0.15) is 0 Å². The van der Waals surface area contributed by atoms with Gasteiger partial charge in [-0.3, -0.25) is 14.2 Å². The summed E-state index contributed by atoms with van der Waals surface area (Å²) in [6.07, 6.45) is 6.19. The average Bonchev–Trinajstić information content (AvgIpc) is 3.06. The Hall–Kier alpha value is -3.22. The van der Waals surface area contributed by atoms with Crippen LogP contribution in [0.15, 0.2) is 48.9 Å². The van der Waals surface area contributed by atoms with Gasteiger partial charge in [-0.15, -0.1) is 0 Å². The summed E-state index contributed by atoms with van der Waals surface area (Å²) in [5.74, 6) is -0.0166. The lowest BCUT2D eigenvalue weighted by molar-refractivity contribution is -0.134. The van der Waals surface area contributed by atoms with Gasteiger partial charge in [0, 0.05) is 38.1 Å². The molecular weight excluding hydrogens is 366 g/mol. The number of fused-ring (bicyclic) bond motifs is 4. The van der Waals surface area contributed by atoms with Crippen LogP contribution in [0.2, 0.25) is 0 Å². The first-order valence-corrected chi connectivity index (χ1v) is 10.1. The number of nitrogens with zero attached hydrogens (tertiary/aromatic N) is 5. The standard InChI is InChI=1S/C22H23N5O2/c1-25-18-9-5-6-15(21(25)28)12-26(13-18)22(29)16-10-19-20(23-11-16)27(14-24-19)17-7-3-2-4-8-17/h2-4,7-8,10-11,14-15,18H,5-6,9,12-13H2,1H3/t15-,18+/m1/s1. The number of pyridine rings is 1. The van der Waals surface area contributed by atoms with E-state index in [9.17, 15) is 9.59 Å². The minimum Gasteiger partial charge on any atom is -0.341 e. The maximum Gasteiger partial charge on any atom is 0.255 e. The normalized spacial score (nSPS) is 22.0. The predicted molar refractivity (Wildman–Crippen MR) is 109 cm³/mol. The van der Waals surface area contributed by atoms with Gasteiger partial charge in [0.2, 0.25) is 5.91 Å². The number of likely N-dealkylation sites (tertiary alicyclic amines) is 1. The topological polar surface area (TPSA) is 71.3 Å². The monoisotopic (exact) mass is 389 g/mol. The van der Waals surface area contributed by atoms with Crippen molar-refractivity contribution < 1.29 is 9.59 Å². The highest BCUT2D eigenvalue weighted by molar-refractivity contribution is 5.97. The molecule has 0 spiro atoms. The van der Waals surface area contributed by atoms with Crippen molar-refractivity contribution in [3.8, 4) is 5.69 Å². The molecule has 0 unspecified atom stereocenters. The maximum atomic E-state index is 13.2. The molecule has 2 bridgehead atoms. The molecule has 1 aromatic carbocycles. The van der Waals surface area contributed by atoms with Gasteiger partial charge in [-0.1, -0.05) is 24.6 Å². The van der Waals surface area contributed by atoms with Crippen LogP contribution in [0.5, 0.6) is 0 Å². The highest BCUT2D eigenvalue weighted by atomic mass is 16.2. The molecule has 2 aliphatic rings. The summed E-state index contributed by atoms with van der Waals surface area (Å²) in [6.45, 7) is 1.06. The van der Waals surface area contributed by atoms with Crippen molar-refractivity contribution in [1.29, 1.82) is 0 Å². The Kier molecular flexibility index (Phi) is 4.30. The first-order chi connectivity index (χ1) is 14.1. The summed E-state index contributed by atoms with van der Waals surface area (Å²) in [5, 5.41) is 0. The highest BCUT2D eigenvalue weighted by Gasteiger charge is 2.38. The summed E-state index contributed by atoms with van der Waals surface area (Å²) in [7, 11) is 1.86. The van der Waals surface area contributed by atoms with Crippen LogP contribution in [0.4, 0.5) is 0 Å². The highest BCUT2D eigenvalue weighted by Crippen LogP contribution is 2.28. The van der Waals surface area contributed by atoms with E-state index in [0.29, 0.717) is 24.2 Å². The van der Waals surface area contributed by atoms with Crippen LogP contribution >= 0.6 is 0 Å². The van der Waals surface area contributed by atoms with Gasteiger partial charge in [0.1, 0.15) is 11.8 Å². The van der Waals surface area contributed by atoms with Gasteiger partial charge in [0.25, 0.3) is 5.91 Å². The predicted octanol–water partition coefficient (Wildman–Crippen LogP) is 2.50. The Morgan fingerprint density at radius 1 is 1.10 bits per heavy atom. The van der Waals surface area contributed by atoms with Crippen LogP contribution in [0, 0.1) is 5.92 Å². The van der Waals surface area contributed by atoms with Gasteiger partial charge in [0.05, 0.1) is 11.5 Å². The van der Waals surface area contributed by atoms with E-state index in [1.807, 2.05) is 51.7 Å². The fourth-order valence-electron chi connectivity index (χ4n) is 4.51. The smallest absolute Gasteiger partial charge is 0.255 e. The van der Waals surface area contributed by atoms with Gasteiger partial charge in [-0.05, 0) is 31.0 Å². The molecule has 2 amide bonds. The molecule has 2 aromatic heterocycles. The molecule has 0 saturated carbocycles. The number of likely N-dealkylation sites (N-methyl/N-ethyl adjacent to an activating group) is 1. The van der Waals surface area contributed by atoms with E-state index in [0.717, 1.165) is 30.6 Å². The third-order valence-corrected chi connectivity index (χ3v) is 6.16. The summed E-state index contributed by atoms with van der Waals surface area (Å²) in [5.41, 5.74) is 2.90. The zero-order valence-corrected chi connectivity index (χ0v) is 16.4. The minimum atomic E-state index is -0.106. The second kappa shape index (κ2) is 6.99. The number of hydrogen-bond donors (Lipinski definition) is 0. The largest absolute Gasteiger partial charge is 0.341 e. The van der Waals surface area contributed by atoms with E-state index in [2.05, 4.69) is 9.97 Å². The second-order valence-corrected chi connectivity index (χ2v) is 7.96. The summed E-state index contributed by atoms with van der Waals surface area (Å²) in [6, 6.07) is 11.8. The summed E-state index contributed by atoms with van der Waals surface area (Å²) < 4.78 is 1.91. The minimum absolute atomic E-state index is 0.0753. The fourth-order valence-corrected chi connectivity index (χ4v) is 4.51. The number of hydrogen-bond acceptors (Lipinski definition) is 4. The van der Waals surface area contributed by atoms with Crippen molar-refractivity contribution in [1.82, 2.24) is 24.3 Å². The molecule has 7 heteroatoms. The number of benzene rings is 1. The van der Waals surface area contributed by atoms with E-state index < -0.39 is 0 Å². The zero-order valence-electron chi connectivity index (χ0n) is 16.4. The molecule has 0 radical (unpaired) electrons. The van der Waals surface area contributed by atoms with E-state index in [1.165, 1.54) is 0 Å². The van der Waals surface area contributed by atoms with Crippen LogP contribution in [-0.2, 0) is 4.79 Å². The number of para-hydroxylation sites is 1. The molecule has 0 aliphatic carbocycles. The van der Waals surface area contributed by atoms with Crippen LogP contribution in [0.1, 0.15) is 29.6 Å². The first kappa shape index (κ1) is 17.8. The SMILES string of the molecule is CN1C(=O)[C@@H]2CCC[C@H]1CN(C(=O)c1cnc3c(c1)ncn3-c1ccccc1)C2. The Labute approximate surface area is 169 Å². The Morgan fingerprint density at radius 3 is 2.76 bits per heavy atom. The van der Waals surface area contributed by atoms with Crippen LogP contribution in [-0.4, -0.2) is 62.3 Å². The number of carbonyl (C=O) groups is 2. The van der Waals surface area contributed by atoms with Crippen molar-refractivity contribution in [2.75, 3.05) is 20.1 Å². The summed E-state index contributed by atoms with van der Waals surface area (Å²) in [4.78, 5) is 38.5. The molecule has 2 aliphatic heterocycles. The van der Waals surface area contributed by atoms with Crippen LogP contribution in [0.25, 0.3) is 16.9 Å². The van der Waals surface area contributed by atoms with E-state index in [1.54, 1.807) is 18.6 Å². The average molecular weight is 389 g/mol. The van der Waals surface area contributed by atoms with E-state index in [-0.39, 0.29) is 23.8 Å². The third-order valence-electron chi connectivity index (χ3n) is 6.16. The number of carbonyl (C=O) groups excluding carboxylic acids is 2. The Morgan fingerprint density at radius 2 is 1.93 bits per heavy atom. The molecule has 3 aromatic rings. The Balaban J connectivity index is 1.45. The zero-order chi connectivity index (χ0) is 20.0. The Bertz CT molecular complexity index is 1080. The molecular formula is C22H23N5O2. The van der Waals surface area contributed by atoms with Crippen LogP contribution < -0.4 is 0 Å². The molecule has 2 fully saturated rings. The van der Waals surface area contributed by atoms with Crippen molar-refractivity contribution >= 4 is 23.0 Å². The molecule has 4 heterocycles. The van der Waals surface area contributed by atoms with E-state index >= 15 is 0 Å². The van der Waals surface area contributed by atoms with Gasteiger partial charge < -0.3 is 9.80 Å². The van der Waals surface area contributed by atoms with Crippen LogP contribution in [0.3, 0.4) is 0 Å². The fraction of sp³-hybridized carbons (Fsp3) is 0.364. The molecule has 5 rings (SSSR count). The maximum absolute atomic E-state index is 13.2. The lowest BCUT2D eigenvalue weighted by Gasteiger charge is -2.29. The second-order valence-electron chi connectivity index (χ2n) is 7.96. The lowest BCUT2D eigenvalue weighted by Crippen LogP contribution is -2.42. The number of amides is 2. The van der Waals surface area contributed by atoms with Crippen molar-refractivity contribution in [3.05, 3.63) is 54.5 Å². The molecule has 2 atom stereocenters. The first-order valence-electron chi connectivity index (χ1n) is 10.1. The number of rotatable bonds is 2. The van der Waals surface area contributed by atoms with Crippen molar-refractivity contribution in [3.63, 3.8) is 0 Å². The molecule has 2 saturated heterocycles. The number of aromatic nitrogens is 3. The summed E-state index contributed by atoms with van der Waals surface area (Å²) >= 11 is 0. The van der Waals surface area contributed by atoms with Gasteiger partial charge >= 0.3 is 0 Å². The van der Waals surface area contributed by atoms with Gasteiger partial charge in [0.15, 0.2) is 5.65 Å². The molecule has 0 N–H and O–H groups in total. The van der Waals surface area contributed by atoms with Crippen molar-refractivity contribution in [2.45, 2.75) is 25.3 Å². The number of imidazole rings is 1. The van der Waals surface area contributed by atoms with Crippen molar-refractivity contribution in [2.24, 2.45) is 5.92 Å². The molecule has 29 heavy (non-hydrogen) atoms. The van der Waals surface area contributed by atoms with Gasteiger partial charge in [-0.25, -0.2) is 9.97 Å². The molecule has 7 nitrogen and oxygen atoms in total.